The number of urea groups is 1. The number of piperazine rings is 1. The zero-order valence-electron chi connectivity index (χ0n) is 42.2. The number of rotatable bonds is 14. The Kier molecular flexibility index (Phi) is 15.1. The van der Waals surface area contributed by atoms with Gasteiger partial charge in [0.15, 0.2) is 12.6 Å². The molecule has 1 aliphatic carbocycles. The van der Waals surface area contributed by atoms with Crippen LogP contribution in [0.5, 0.6) is 11.8 Å². The highest BCUT2D eigenvalue weighted by Gasteiger charge is 2.45. The van der Waals surface area contributed by atoms with Crippen molar-refractivity contribution < 1.29 is 42.5 Å². The molecule has 2 aromatic heterocycles. The van der Waals surface area contributed by atoms with Crippen molar-refractivity contribution in [3.63, 3.8) is 0 Å². The molecule has 6 heterocycles. The normalized spacial score (nSPS) is 20.4. The second-order valence-corrected chi connectivity index (χ2v) is 21.1. The number of hydrogen-bond donors (Lipinski definition) is 2. The fraction of sp³-hybridized carbons (Fsp3) is 0.464. The first kappa shape index (κ1) is 51.8. The number of pyridine rings is 1. The molecule has 1 saturated carbocycles. The number of nitrogens with zero attached hydrogens (tertiary/aromatic N) is 8. The van der Waals surface area contributed by atoms with E-state index in [0.717, 1.165) is 71.4 Å². The molecular formula is C56H60ClF2N9O7. The molecule has 4 amide bonds. The number of aromatic nitrogens is 3. The molecular weight excluding hydrogens is 984 g/mol. The lowest BCUT2D eigenvalue weighted by atomic mass is 9.94. The number of aliphatic hydroxyl groups is 1. The van der Waals surface area contributed by atoms with Crippen molar-refractivity contribution in [3.8, 4) is 47.2 Å². The second-order valence-electron chi connectivity index (χ2n) is 20.7. The van der Waals surface area contributed by atoms with E-state index >= 15 is 8.78 Å². The van der Waals surface area contributed by atoms with Gasteiger partial charge in [-0.05, 0) is 87.2 Å². The molecule has 0 unspecified atom stereocenters. The van der Waals surface area contributed by atoms with Crippen LogP contribution in [0.2, 0.25) is 5.02 Å². The quantitative estimate of drug-likeness (QED) is 0.0844. The number of fused-ring (bicyclic) bond motifs is 2. The number of terminal acetylenes is 1. The van der Waals surface area contributed by atoms with Gasteiger partial charge in [0.05, 0.1) is 33.9 Å². The van der Waals surface area contributed by atoms with Gasteiger partial charge in [-0.25, -0.2) is 13.6 Å². The smallest absolute Gasteiger partial charge is 0.328 e. The van der Waals surface area contributed by atoms with Gasteiger partial charge in [-0.2, -0.15) is 9.97 Å². The van der Waals surface area contributed by atoms with Gasteiger partial charge in [0.1, 0.15) is 28.6 Å². The van der Waals surface area contributed by atoms with E-state index in [9.17, 15) is 19.5 Å². The number of nitrogens with one attached hydrogen (secondary N) is 1. The van der Waals surface area contributed by atoms with Crippen LogP contribution in [0.15, 0.2) is 48.7 Å². The van der Waals surface area contributed by atoms with Gasteiger partial charge in [0.25, 0.3) is 5.91 Å². The number of anilines is 2. The molecule has 19 heteroatoms. The number of amides is 4. The maximum Gasteiger partial charge on any atom is 0.328 e. The molecule has 5 aliphatic rings. The highest BCUT2D eigenvalue weighted by atomic mass is 35.5. The van der Waals surface area contributed by atoms with Gasteiger partial charge in [0.2, 0.25) is 5.91 Å². The van der Waals surface area contributed by atoms with Crippen LogP contribution in [-0.2, 0) is 9.53 Å². The molecule has 75 heavy (non-hydrogen) atoms. The molecule has 5 aromatic rings. The van der Waals surface area contributed by atoms with Gasteiger partial charge in [0, 0.05) is 126 Å². The van der Waals surface area contributed by atoms with Gasteiger partial charge in [-0.3, -0.25) is 29.7 Å². The number of β-amino-alcohol motifs (C(OH)–C–C–N with tert-alkyl or cyclic N) is 1. The van der Waals surface area contributed by atoms with E-state index in [2.05, 4.69) is 42.8 Å². The molecule has 16 nitrogen and oxygen atoms in total. The Morgan fingerprint density at radius 3 is 2.49 bits per heavy atom. The van der Waals surface area contributed by atoms with Gasteiger partial charge in [-0.15, -0.1) is 12.3 Å². The first-order valence-electron chi connectivity index (χ1n) is 25.6. The van der Waals surface area contributed by atoms with Crippen molar-refractivity contribution in [1.82, 2.24) is 35.0 Å². The third kappa shape index (κ3) is 11.5. The molecule has 2 N–H and O–H groups in total. The highest BCUT2D eigenvalue weighted by molar-refractivity contribution is 6.34. The molecule has 1 atom stereocenters. The first-order chi connectivity index (χ1) is 36.2. The SMILES string of the molecule is C#Cc1c(F)ccc2cc(OCOC)cc(-c3ncc4c(N5CCC[C@@](C)(O)C5)nc(OCC5(CN6CCN(CCC#CC7CCN(C(=O)c8ccc(Cl)c(N9CCC(=O)NC9=O)c8)CC7)CC6)CC5)nc4c3F)c12. The average Bonchev–Trinajstić information content (AvgIpc) is 4.19. The Bertz CT molecular complexity index is 3140. The van der Waals surface area contributed by atoms with Crippen LogP contribution in [0.3, 0.4) is 0 Å². The van der Waals surface area contributed by atoms with E-state index < -0.39 is 23.3 Å². The summed E-state index contributed by atoms with van der Waals surface area (Å²) in [7, 11) is 1.49. The van der Waals surface area contributed by atoms with E-state index in [-0.39, 0.29) is 77.8 Å². The van der Waals surface area contributed by atoms with Crippen LogP contribution in [0, 0.1) is 47.2 Å². The van der Waals surface area contributed by atoms with Crippen molar-refractivity contribution in [2.45, 2.75) is 63.9 Å². The fourth-order valence-electron chi connectivity index (χ4n) is 10.7. The van der Waals surface area contributed by atoms with Crippen molar-refractivity contribution in [3.05, 3.63) is 76.4 Å². The molecule has 0 bridgehead atoms. The molecule has 392 valence electrons. The average molecular weight is 1040 g/mol. The Balaban J connectivity index is 0.754. The molecule has 4 saturated heterocycles. The zero-order valence-corrected chi connectivity index (χ0v) is 43.0. The molecule has 0 spiro atoms. The Labute approximate surface area is 439 Å². The van der Waals surface area contributed by atoms with E-state index in [0.29, 0.717) is 83.1 Å². The van der Waals surface area contributed by atoms with Crippen LogP contribution in [-0.4, -0.2) is 151 Å². The molecule has 10 rings (SSSR count). The molecule has 0 radical (unpaired) electrons. The highest BCUT2D eigenvalue weighted by Crippen LogP contribution is 2.47. The van der Waals surface area contributed by atoms with Gasteiger partial charge in [-0.1, -0.05) is 29.5 Å². The molecule has 3 aromatic carbocycles. The van der Waals surface area contributed by atoms with Crippen LogP contribution in [0.25, 0.3) is 32.9 Å². The lowest BCUT2D eigenvalue weighted by Gasteiger charge is -2.38. The summed E-state index contributed by atoms with van der Waals surface area (Å²) >= 11 is 6.41. The number of benzene rings is 3. The summed E-state index contributed by atoms with van der Waals surface area (Å²) in [5.41, 5.74) is -0.190. The third-order valence-electron chi connectivity index (χ3n) is 15.1. The monoisotopic (exact) mass is 1040 g/mol. The Morgan fingerprint density at radius 1 is 0.973 bits per heavy atom. The number of carbonyl (C=O) groups excluding carboxylic acids is 3. The van der Waals surface area contributed by atoms with E-state index in [4.69, 9.17) is 37.2 Å². The van der Waals surface area contributed by atoms with Gasteiger partial charge < -0.3 is 34.0 Å². The predicted molar refractivity (Wildman–Crippen MR) is 281 cm³/mol. The molecule has 4 aliphatic heterocycles. The summed E-state index contributed by atoms with van der Waals surface area (Å²) in [6, 6.07) is 10.4. The lowest BCUT2D eigenvalue weighted by molar-refractivity contribution is -0.120. The number of carbonyl (C=O) groups is 3. The third-order valence-corrected chi connectivity index (χ3v) is 15.4. The maximum atomic E-state index is 17.3. The maximum absolute atomic E-state index is 17.3. The largest absolute Gasteiger partial charge is 0.468 e. The zero-order chi connectivity index (χ0) is 52.4. The number of methoxy groups -OCH3 is 1. The second kappa shape index (κ2) is 21.9. The standard InChI is InChI=1S/C56H60ClF2N9O7/c1-4-40-44(58)12-10-37-28-39(75-35-73-3)30-41(47(37)40)49-48(59)50-42(31-60-49)51(67-20-7-16-55(2,72)32-67)63-53(62-50)74-34-56(17-18-56)33-65-26-24-64(25-27-65)19-6-5-8-36-13-21-66(22-14-36)52(70)38-9-11-43(57)45(29-38)68-23-15-46(69)61-54(68)71/h1,9-12,28-31,36,72H,6-7,13-27,32-35H2,2-3H3,(H,61,69,71)/t55-/m1/s1. The summed E-state index contributed by atoms with van der Waals surface area (Å²) in [4.78, 5) is 61.8. The minimum atomic E-state index is -0.992. The fourth-order valence-corrected chi connectivity index (χ4v) is 11.0. The van der Waals surface area contributed by atoms with E-state index in [1.54, 1.807) is 43.3 Å². The Hall–Kier alpha value is -6.67. The number of piperidine rings is 2. The van der Waals surface area contributed by atoms with Crippen LogP contribution < -0.4 is 24.6 Å². The van der Waals surface area contributed by atoms with Crippen molar-refractivity contribution >= 4 is 62.6 Å². The van der Waals surface area contributed by atoms with Crippen molar-refractivity contribution in [2.75, 3.05) is 102 Å². The van der Waals surface area contributed by atoms with E-state index in [1.807, 2.05) is 9.80 Å². The van der Waals surface area contributed by atoms with Gasteiger partial charge >= 0.3 is 12.0 Å². The number of ether oxygens (including phenoxy) is 3. The summed E-state index contributed by atoms with van der Waals surface area (Å²) in [5, 5.41) is 14.9. The van der Waals surface area contributed by atoms with Crippen molar-refractivity contribution in [2.24, 2.45) is 11.3 Å². The van der Waals surface area contributed by atoms with E-state index in [1.165, 1.54) is 24.3 Å². The first-order valence-corrected chi connectivity index (χ1v) is 26.0. The van der Waals surface area contributed by atoms with Crippen LogP contribution >= 0.6 is 11.6 Å². The summed E-state index contributed by atoms with van der Waals surface area (Å²) in [5.74, 6) is 8.42. The Morgan fingerprint density at radius 2 is 1.76 bits per heavy atom. The number of hydrogen-bond acceptors (Lipinski definition) is 13. The number of halogens is 3. The minimum absolute atomic E-state index is 0.0194. The number of imide groups is 1. The molecule has 5 fully saturated rings. The van der Waals surface area contributed by atoms with Crippen LogP contribution in [0.1, 0.15) is 74.2 Å². The summed E-state index contributed by atoms with van der Waals surface area (Å²) < 4.78 is 49.9. The van der Waals surface area contributed by atoms with Crippen LogP contribution in [0.4, 0.5) is 25.1 Å². The minimum Gasteiger partial charge on any atom is -0.468 e. The number of likely N-dealkylation sites (tertiary alicyclic amines) is 1. The van der Waals surface area contributed by atoms with Crippen molar-refractivity contribution in [1.29, 1.82) is 0 Å². The summed E-state index contributed by atoms with van der Waals surface area (Å²) in [6.45, 7) is 9.64. The topological polar surface area (TPSA) is 166 Å². The predicted octanol–water partition coefficient (Wildman–Crippen LogP) is 7.26. The summed E-state index contributed by atoms with van der Waals surface area (Å²) in [6.07, 6.45) is 13.1. The lowest BCUT2D eigenvalue weighted by Crippen LogP contribution is -2.49.